The van der Waals surface area contributed by atoms with Crippen LogP contribution in [0.1, 0.15) is 54.3 Å². The van der Waals surface area contributed by atoms with Crippen LogP contribution in [0.4, 0.5) is 17.6 Å². The van der Waals surface area contributed by atoms with Gasteiger partial charge in [-0.1, -0.05) is 0 Å². The number of hydrogen-bond acceptors (Lipinski definition) is 7. The van der Waals surface area contributed by atoms with E-state index in [2.05, 4.69) is 36.0 Å². The van der Waals surface area contributed by atoms with Gasteiger partial charge in [0, 0.05) is 66.5 Å². The van der Waals surface area contributed by atoms with Gasteiger partial charge in [-0.05, 0) is 37.8 Å². The first-order valence-electron chi connectivity index (χ1n) is 13.7. The zero-order chi connectivity index (χ0) is 29.2. The Morgan fingerprint density at radius 1 is 1.12 bits per heavy atom. The summed E-state index contributed by atoms with van der Waals surface area (Å²) in [6.45, 7) is 0.689. The highest BCUT2D eigenvalue weighted by Crippen LogP contribution is 2.46. The second-order valence-electron chi connectivity index (χ2n) is 11.1. The molecule has 0 aromatic carbocycles. The number of nitrogens with one attached hydrogen (secondary N) is 1. The minimum atomic E-state index is -4.99. The molecule has 1 amide bonds. The lowest BCUT2D eigenvalue weighted by Crippen LogP contribution is -2.61. The Labute approximate surface area is 237 Å². The van der Waals surface area contributed by atoms with E-state index in [1.807, 2.05) is 16.9 Å². The molecule has 4 aromatic heterocycles. The number of H-pyrrole nitrogens is 1. The number of carbonyl (C=O) groups excluding carboxylic acids is 1. The minimum absolute atomic E-state index is 0.0597. The summed E-state index contributed by atoms with van der Waals surface area (Å²) >= 11 is 0. The van der Waals surface area contributed by atoms with Crippen molar-refractivity contribution in [1.29, 1.82) is 5.26 Å². The Hall–Kier alpha value is -4.38. The molecule has 4 atom stereocenters. The molecule has 3 aliphatic heterocycles. The van der Waals surface area contributed by atoms with Crippen molar-refractivity contribution < 1.29 is 22.4 Å². The van der Waals surface area contributed by atoms with E-state index in [0.29, 0.717) is 38.6 Å². The van der Waals surface area contributed by atoms with Crippen LogP contribution in [0.2, 0.25) is 0 Å². The average Bonchev–Trinajstić information content (AvgIpc) is 3.68. The van der Waals surface area contributed by atoms with Crippen molar-refractivity contribution in [3.8, 4) is 17.3 Å². The van der Waals surface area contributed by atoms with E-state index in [-0.39, 0.29) is 30.2 Å². The van der Waals surface area contributed by atoms with Crippen LogP contribution in [-0.2, 0) is 6.18 Å². The highest BCUT2D eigenvalue weighted by Gasteiger charge is 2.51. The summed E-state index contributed by atoms with van der Waals surface area (Å²) in [5, 5.41) is 15.0. The maximum Gasteiger partial charge on any atom is 0.436 e. The highest BCUT2D eigenvalue weighted by molar-refractivity contribution is 5.95. The van der Waals surface area contributed by atoms with Crippen molar-refractivity contribution in [2.45, 2.75) is 62.6 Å². The molecule has 2 bridgehead atoms. The molecule has 4 unspecified atom stereocenters. The number of carbonyl (C=O) groups is 1. The maximum absolute atomic E-state index is 14.8. The number of pyridine rings is 1. The number of nitrogens with zero attached hydrogens (tertiary/aromatic N) is 8. The molecule has 0 saturated carbocycles. The van der Waals surface area contributed by atoms with Crippen LogP contribution < -0.4 is 0 Å². The SMILES string of the molecule is N#CCC1CN(C2CC3CCC(C2)N3C(=O)c2ccnc(C(F)(F)F)c2F)C1n1cc(-c2ncnc3[nH]ccc23)cn1. The first-order valence-corrected chi connectivity index (χ1v) is 13.7. The molecule has 3 aliphatic rings. The smallest absolute Gasteiger partial charge is 0.346 e. The monoisotopic (exact) mass is 579 g/mol. The fourth-order valence-electron chi connectivity index (χ4n) is 7.03. The van der Waals surface area contributed by atoms with Crippen LogP contribution in [0.3, 0.4) is 0 Å². The Morgan fingerprint density at radius 3 is 2.64 bits per heavy atom. The third-order valence-corrected chi connectivity index (χ3v) is 8.86. The number of rotatable bonds is 5. The van der Waals surface area contributed by atoms with Crippen LogP contribution >= 0.6 is 0 Å². The summed E-state index contributed by atoms with van der Waals surface area (Å²) in [5.41, 5.74) is 0.00687. The predicted molar refractivity (Wildman–Crippen MR) is 140 cm³/mol. The normalized spacial score (nSPS) is 25.9. The predicted octanol–water partition coefficient (Wildman–Crippen LogP) is 4.55. The molecule has 0 radical (unpaired) electrons. The fourth-order valence-corrected chi connectivity index (χ4v) is 7.03. The molecule has 0 spiro atoms. The fraction of sp³-hybridized carbons (Fsp3) is 0.429. The Balaban J connectivity index is 1.12. The van der Waals surface area contributed by atoms with Crippen molar-refractivity contribution >= 4 is 16.9 Å². The van der Waals surface area contributed by atoms with Gasteiger partial charge in [-0.3, -0.25) is 14.4 Å². The second kappa shape index (κ2) is 9.87. The lowest BCUT2D eigenvalue weighted by molar-refractivity contribution is -0.143. The molecule has 216 valence electrons. The lowest BCUT2D eigenvalue weighted by Gasteiger charge is -2.54. The molecule has 1 N–H and O–H groups in total. The lowest BCUT2D eigenvalue weighted by atomic mass is 9.85. The van der Waals surface area contributed by atoms with Crippen molar-refractivity contribution in [2.75, 3.05) is 6.54 Å². The maximum atomic E-state index is 14.8. The summed E-state index contributed by atoms with van der Waals surface area (Å²) in [5.74, 6) is -2.30. The number of likely N-dealkylation sites (tertiary alicyclic amines) is 1. The molecule has 7 heterocycles. The molecule has 3 fully saturated rings. The summed E-state index contributed by atoms with van der Waals surface area (Å²) in [6, 6.07) is 4.82. The molecule has 4 aromatic rings. The van der Waals surface area contributed by atoms with Gasteiger partial charge >= 0.3 is 6.18 Å². The second-order valence-corrected chi connectivity index (χ2v) is 11.1. The average molecular weight is 580 g/mol. The van der Waals surface area contributed by atoms with E-state index < -0.39 is 29.2 Å². The molecule has 0 aliphatic carbocycles. The number of nitriles is 1. The van der Waals surface area contributed by atoms with E-state index in [1.54, 1.807) is 17.3 Å². The summed E-state index contributed by atoms with van der Waals surface area (Å²) in [6.07, 6.45) is 5.57. The van der Waals surface area contributed by atoms with E-state index in [4.69, 9.17) is 0 Å². The van der Waals surface area contributed by atoms with Crippen LogP contribution in [0.15, 0.2) is 43.2 Å². The Bertz CT molecular complexity index is 1700. The number of amides is 1. The highest BCUT2D eigenvalue weighted by atomic mass is 19.4. The van der Waals surface area contributed by atoms with E-state index >= 15 is 0 Å². The zero-order valence-electron chi connectivity index (χ0n) is 22.2. The van der Waals surface area contributed by atoms with Gasteiger partial charge in [0.25, 0.3) is 5.91 Å². The number of piperidine rings is 1. The van der Waals surface area contributed by atoms with Gasteiger partial charge < -0.3 is 9.88 Å². The largest absolute Gasteiger partial charge is 0.436 e. The van der Waals surface area contributed by atoms with Crippen molar-refractivity contribution in [3.63, 3.8) is 0 Å². The molecule has 10 nitrogen and oxygen atoms in total. The van der Waals surface area contributed by atoms with Crippen LogP contribution in [0.25, 0.3) is 22.3 Å². The number of aromatic nitrogens is 6. The Kier molecular flexibility index (Phi) is 6.23. The third kappa shape index (κ3) is 4.22. The first-order chi connectivity index (χ1) is 20.2. The standard InChI is InChI=1S/C28H25F4N9O/c29-22-20(4-7-34-24(22)28(30,31)32)27(42)41-17-1-2-18(41)10-19(9-17)39-12-15(3-6-33)26(39)40-13-16(11-38-40)23-21-5-8-35-25(21)37-14-36-23/h4-5,7-8,11,13-15,17-19,26H,1-3,9-10,12H2,(H,35,36,37). The van der Waals surface area contributed by atoms with Crippen LogP contribution in [0, 0.1) is 23.1 Å². The topological polar surface area (TPSA) is 120 Å². The van der Waals surface area contributed by atoms with E-state index in [9.17, 15) is 27.6 Å². The Morgan fingerprint density at radius 2 is 1.90 bits per heavy atom. The van der Waals surface area contributed by atoms with Gasteiger partial charge in [-0.2, -0.15) is 23.5 Å². The van der Waals surface area contributed by atoms with Crippen molar-refractivity contribution in [3.05, 3.63) is 60.3 Å². The molecular weight excluding hydrogens is 554 g/mol. The number of alkyl halides is 3. The number of aromatic amines is 1. The molecule has 7 rings (SSSR count). The van der Waals surface area contributed by atoms with E-state index in [0.717, 1.165) is 34.6 Å². The number of fused-ring (bicyclic) bond motifs is 3. The summed E-state index contributed by atoms with van der Waals surface area (Å²) < 4.78 is 56.3. The third-order valence-electron chi connectivity index (χ3n) is 8.86. The summed E-state index contributed by atoms with van der Waals surface area (Å²) in [7, 11) is 0. The van der Waals surface area contributed by atoms with Crippen LogP contribution in [-0.4, -0.2) is 70.1 Å². The van der Waals surface area contributed by atoms with Crippen LogP contribution in [0.5, 0.6) is 0 Å². The number of hydrogen-bond donors (Lipinski definition) is 1. The molecular formula is C28H25F4N9O. The quantitative estimate of drug-likeness (QED) is 0.345. The van der Waals surface area contributed by atoms with Crippen molar-refractivity contribution in [1.82, 2.24) is 39.5 Å². The van der Waals surface area contributed by atoms with Gasteiger partial charge in [0.1, 0.15) is 18.1 Å². The van der Waals surface area contributed by atoms with E-state index in [1.165, 1.54) is 6.33 Å². The zero-order valence-corrected chi connectivity index (χ0v) is 22.2. The molecule has 42 heavy (non-hydrogen) atoms. The molecule has 14 heteroatoms. The first kappa shape index (κ1) is 26.5. The van der Waals surface area contributed by atoms with Gasteiger partial charge in [0.15, 0.2) is 11.5 Å². The van der Waals surface area contributed by atoms with Gasteiger partial charge in [-0.15, -0.1) is 0 Å². The van der Waals surface area contributed by atoms with Gasteiger partial charge in [0.2, 0.25) is 0 Å². The minimum Gasteiger partial charge on any atom is -0.346 e. The number of halogens is 4. The van der Waals surface area contributed by atoms with Gasteiger partial charge in [-0.25, -0.2) is 19.3 Å². The summed E-state index contributed by atoms with van der Waals surface area (Å²) in [4.78, 5) is 32.1. The van der Waals surface area contributed by atoms with Crippen molar-refractivity contribution in [2.24, 2.45) is 5.92 Å². The molecule has 3 saturated heterocycles. The van der Waals surface area contributed by atoms with Gasteiger partial charge in [0.05, 0.1) is 23.5 Å².